The largest absolute Gasteiger partial charge is 0.355 e. The monoisotopic (exact) mass is 272 g/mol. The van der Waals surface area contributed by atoms with Crippen molar-refractivity contribution >= 4 is 5.91 Å². The Bertz CT molecular complexity index is 422. The van der Waals surface area contributed by atoms with Gasteiger partial charge >= 0.3 is 0 Å². The Labute approximate surface area is 122 Å². The molecule has 0 aromatic heterocycles. The van der Waals surface area contributed by atoms with Gasteiger partial charge in [0.2, 0.25) is 5.91 Å². The summed E-state index contributed by atoms with van der Waals surface area (Å²) < 4.78 is 0. The number of amides is 1. The van der Waals surface area contributed by atoms with E-state index in [1.165, 1.54) is 25.7 Å². The lowest BCUT2D eigenvalue weighted by Gasteiger charge is -2.10. The summed E-state index contributed by atoms with van der Waals surface area (Å²) in [6, 6.07) is 11.3. The number of hydrogen-bond acceptors (Lipinski definition) is 2. The van der Waals surface area contributed by atoms with Crippen LogP contribution in [0.3, 0.4) is 0 Å². The summed E-state index contributed by atoms with van der Waals surface area (Å²) in [6.07, 6.45) is 7.17. The first-order valence-corrected chi connectivity index (χ1v) is 7.52. The summed E-state index contributed by atoms with van der Waals surface area (Å²) in [6.45, 7) is 2.86. The van der Waals surface area contributed by atoms with Gasteiger partial charge in [-0.05, 0) is 12.0 Å². The number of carbonyl (C=O) groups is 1. The van der Waals surface area contributed by atoms with Gasteiger partial charge in [0, 0.05) is 6.54 Å². The van der Waals surface area contributed by atoms with Crippen LogP contribution < -0.4 is 5.32 Å². The fraction of sp³-hybridized carbons (Fsp3) is 0.529. The highest BCUT2D eigenvalue weighted by molar-refractivity contribution is 5.86. The zero-order valence-electron chi connectivity index (χ0n) is 12.3. The van der Waals surface area contributed by atoms with E-state index < -0.39 is 5.92 Å². The van der Waals surface area contributed by atoms with Gasteiger partial charge < -0.3 is 5.32 Å². The van der Waals surface area contributed by atoms with Crippen LogP contribution in [0.25, 0.3) is 0 Å². The Hall–Kier alpha value is -1.82. The molecule has 0 radical (unpaired) electrons. The van der Waals surface area contributed by atoms with Crippen LogP contribution in [0.1, 0.15) is 56.9 Å². The lowest BCUT2D eigenvalue weighted by molar-refractivity contribution is -0.121. The van der Waals surface area contributed by atoms with Crippen molar-refractivity contribution in [3.63, 3.8) is 0 Å². The fourth-order valence-corrected chi connectivity index (χ4v) is 2.15. The number of nitrogens with one attached hydrogen (secondary N) is 1. The Morgan fingerprint density at radius 2 is 1.80 bits per heavy atom. The minimum atomic E-state index is -0.698. The van der Waals surface area contributed by atoms with E-state index in [1.807, 2.05) is 30.3 Å². The maximum atomic E-state index is 12.0. The Morgan fingerprint density at radius 3 is 2.45 bits per heavy atom. The molecule has 1 aromatic rings. The van der Waals surface area contributed by atoms with Gasteiger partial charge in [-0.1, -0.05) is 69.4 Å². The van der Waals surface area contributed by atoms with Crippen molar-refractivity contribution in [1.29, 1.82) is 5.26 Å². The van der Waals surface area contributed by atoms with Crippen LogP contribution in [0.2, 0.25) is 0 Å². The zero-order chi connectivity index (χ0) is 14.6. The number of carbonyl (C=O) groups excluding carboxylic acids is 1. The third-order valence-corrected chi connectivity index (χ3v) is 3.35. The smallest absolute Gasteiger partial charge is 0.241 e. The molecule has 0 saturated heterocycles. The molecule has 1 atom stereocenters. The second-order valence-electron chi connectivity index (χ2n) is 5.03. The molecule has 1 N–H and O–H groups in total. The highest BCUT2D eigenvalue weighted by Crippen LogP contribution is 2.14. The van der Waals surface area contributed by atoms with Gasteiger partial charge in [-0.2, -0.15) is 5.26 Å². The van der Waals surface area contributed by atoms with Crippen molar-refractivity contribution in [2.75, 3.05) is 6.54 Å². The van der Waals surface area contributed by atoms with Crippen molar-refractivity contribution in [2.45, 2.75) is 51.4 Å². The van der Waals surface area contributed by atoms with E-state index in [9.17, 15) is 4.79 Å². The number of nitrogens with zero attached hydrogens (tertiary/aromatic N) is 1. The van der Waals surface area contributed by atoms with Gasteiger partial charge in [-0.3, -0.25) is 4.79 Å². The lowest BCUT2D eigenvalue weighted by atomic mass is 10.00. The van der Waals surface area contributed by atoms with Crippen molar-refractivity contribution in [1.82, 2.24) is 5.32 Å². The average Bonchev–Trinajstić information content (AvgIpc) is 2.48. The van der Waals surface area contributed by atoms with Crippen molar-refractivity contribution in [3.05, 3.63) is 35.9 Å². The maximum absolute atomic E-state index is 12.0. The highest BCUT2D eigenvalue weighted by Gasteiger charge is 2.18. The number of hydrogen-bond donors (Lipinski definition) is 1. The van der Waals surface area contributed by atoms with Crippen LogP contribution in [0.4, 0.5) is 0 Å². The molecule has 0 saturated carbocycles. The number of unbranched alkanes of at least 4 members (excludes halogenated alkanes) is 5. The van der Waals surface area contributed by atoms with E-state index in [2.05, 4.69) is 18.3 Å². The van der Waals surface area contributed by atoms with Gasteiger partial charge in [-0.15, -0.1) is 0 Å². The number of benzene rings is 1. The van der Waals surface area contributed by atoms with Crippen LogP contribution >= 0.6 is 0 Å². The molecule has 0 aliphatic heterocycles. The maximum Gasteiger partial charge on any atom is 0.241 e. The minimum Gasteiger partial charge on any atom is -0.355 e. The first-order valence-electron chi connectivity index (χ1n) is 7.52. The molecule has 108 valence electrons. The Morgan fingerprint density at radius 1 is 1.15 bits per heavy atom. The van der Waals surface area contributed by atoms with Crippen LogP contribution in [0.5, 0.6) is 0 Å². The van der Waals surface area contributed by atoms with E-state index in [4.69, 9.17) is 5.26 Å². The molecule has 1 unspecified atom stereocenters. The third kappa shape index (κ3) is 5.88. The second-order valence-corrected chi connectivity index (χ2v) is 5.03. The summed E-state index contributed by atoms with van der Waals surface area (Å²) in [4.78, 5) is 12.0. The average molecular weight is 272 g/mol. The summed E-state index contributed by atoms with van der Waals surface area (Å²) >= 11 is 0. The second kappa shape index (κ2) is 10.0. The van der Waals surface area contributed by atoms with E-state index in [-0.39, 0.29) is 5.91 Å². The molecular weight excluding hydrogens is 248 g/mol. The third-order valence-electron chi connectivity index (χ3n) is 3.35. The van der Waals surface area contributed by atoms with Gasteiger partial charge in [0.1, 0.15) is 5.92 Å². The van der Waals surface area contributed by atoms with E-state index in [0.717, 1.165) is 18.4 Å². The van der Waals surface area contributed by atoms with Crippen LogP contribution in [0.15, 0.2) is 30.3 Å². The molecule has 1 amide bonds. The molecule has 3 heteroatoms. The summed E-state index contributed by atoms with van der Waals surface area (Å²) in [5.74, 6) is -0.886. The van der Waals surface area contributed by atoms with E-state index in [1.54, 1.807) is 0 Å². The topological polar surface area (TPSA) is 52.9 Å². The molecule has 1 aromatic carbocycles. The normalized spacial score (nSPS) is 11.6. The first kappa shape index (κ1) is 16.2. The SMILES string of the molecule is CCCCCCCCNC(=O)C(C#N)c1ccccc1. The number of nitriles is 1. The van der Waals surface area contributed by atoms with Crippen LogP contribution in [0, 0.1) is 11.3 Å². The zero-order valence-corrected chi connectivity index (χ0v) is 12.3. The molecular formula is C17H24N2O. The molecule has 0 aliphatic carbocycles. The van der Waals surface area contributed by atoms with Crippen molar-refractivity contribution in [2.24, 2.45) is 0 Å². The molecule has 0 fully saturated rings. The first-order chi connectivity index (χ1) is 9.79. The van der Waals surface area contributed by atoms with Gasteiger partial charge in [0.15, 0.2) is 0 Å². The Balaban J connectivity index is 2.26. The standard InChI is InChI=1S/C17H24N2O/c1-2-3-4-5-6-10-13-19-17(20)16(14-18)15-11-8-7-9-12-15/h7-9,11-12,16H,2-6,10,13H2,1H3,(H,19,20). The van der Waals surface area contributed by atoms with Crippen LogP contribution in [-0.2, 0) is 4.79 Å². The van der Waals surface area contributed by atoms with Crippen LogP contribution in [-0.4, -0.2) is 12.5 Å². The van der Waals surface area contributed by atoms with Crippen molar-refractivity contribution in [3.8, 4) is 6.07 Å². The predicted molar refractivity (Wildman–Crippen MR) is 81.2 cm³/mol. The fourth-order valence-electron chi connectivity index (χ4n) is 2.15. The molecule has 20 heavy (non-hydrogen) atoms. The highest BCUT2D eigenvalue weighted by atomic mass is 16.1. The molecule has 0 spiro atoms. The van der Waals surface area contributed by atoms with E-state index >= 15 is 0 Å². The molecule has 0 heterocycles. The quantitative estimate of drug-likeness (QED) is 0.696. The number of rotatable bonds is 9. The van der Waals surface area contributed by atoms with Gasteiger partial charge in [-0.25, -0.2) is 0 Å². The minimum absolute atomic E-state index is 0.188. The van der Waals surface area contributed by atoms with Gasteiger partial charge in [0.25, 0.3) is 0 Å². The summed E-state index contributed by atoms with van der Waals surface area (Å²) in [7, 11) is 0. The van der Waals surface area contributed by atoms with Gasteiger partial charge in [0.05, 0.1) is 6.07 Å². The lowest BCUT2D eigenvalue weighted by Crippen LogP contribution is -2.29. The predicted octanol–water partition coefficient (Wildman–Crippen LogP) is 3.77. The Kier molecular flexibility index (Phi) is 8.14. The van der Waals surface area contributed by atoms with E-state index in [0.29, 0.717) is 6.54 Å². The molecule has 3 nitrogen and oxygen atoms in total. The molecule has 0 aliphatic rings. The molecule has 0 bridgehead atoms. The van der Waals surface area contributed by atoms with Crippen molar-refractivity contribution < 1.29 is 4.79 Å². The summed E-state index contributed by atoms with van der Waals surface area (Å²) in [5, 5.41) is 12.0. The summed E-state index contributed by atoms with van der Waals surface area (Å²) in [5.41, 5.74) is 0.760. The molecule has 1 rings (SSSR count).